The van der Waals surface area contributed by atoms with E-state index in [4.69, 9.17) is 0 Å². The van der Waals surface area contributed by atoms with Crippen molar-refractivity contribution in [3.05, 3.63) is 18.7 Å². The van der Waals surface area contributed by atoms with E-state index in [2.05, 4.69) is 0 Å². The summed E-state index contributed by atoms with van der Waals surface area (Å²) in [7, 11) is 0. The van der Waals surface area contributed by atoms with Crippen molar-refractivity contribution in [1.82, 2.24) is 0 Å². The van der Waals surface area contributed by atoms with Gasteiger partial charge in [-0.15, -0.1) is 0 Å². The zero-order valence-corrected chi connectivity index (χ0v) is 9.93. The molecule has 1 aromatic rings. The van der Waals surface area contributed by atoms with Gasteiger partial charge in [-0.25, -0.2) is 0 Å². The van der Waals surface area contributed by atoms with Crippen molar-refractivity contribution >= 4 is 46.2 Å². The molecule has 0 saturated heterocycles. The lowest BCUT2D eigenvalue weighted by atomic mass is 9.94. The monoisotopic (exact) mass is 246 g/mol. The Morgan fingerprint density at radius 2 is 1.62 bits per heavy atom. The molecule has 2 aliphatic rings. The van der Waals surface area contributed by atoms with Gasteiger partial charge in [0.05, 0.1) is 12.7 Å². The first-order chi connectivity index (χ1) is 6.33. The standard InChI is InChI=1S/C8H6OS4/c9-8-12-6-7(13-8)11-5(10-6)4-2-1-3-4/h1-3H2. The van der Waals surface area contributed by atoms with E-state index in [1.54, 1.807) is 5.57 Å². The van der Waals surface area contributed by atoms with Crippen LogP contribution in [0.1, 0.15) is 19.3 Å². The molecule has 5 heteroatoms. The number of allylic oxidation sites excluding steroid dienone is 1. The molecule has 0 radical (unpaired) electrons. The van der Waals surface area contributed by atoms with Crippen LogP contribution in [0.5, 0.6) is 0 Å². The molecular formula is C8H6OS4. The molecule has 0 atom stereocenters. The minimum atomic E-state index is 0.239. The van der Waals surface area contributed by atoms with Crippen LogP contribution in [0.15, 0.2) is 23.0 Å². The summed E-state index contributed by atoms with van der Waals surface area (Å²) in [5.74, 6) is 0. The van der Waals surface area contributed by atoms with Crippen LogP contribution in [0, 0.1) is 0 Å². The van der Waals surface area contributed by atoms with Gasteiger partial charge in [0.15, 0.2) is 0 Å². The van der Waals surface area contributed by atoms with Gasteiger partial charge in [0, 0.05) is 0 Å². The Bertz CT molecular complexity index is 405. The molecule has 0 amide bonds. The lowest BCUT2D eigenvalue weighted by Gasteiger charge is -2.17. The van der Waals surface area contributed by atoms with Crippen LogP contribution in [0.4, 0.5) is 0 Å². The second-order valence-electron chi connectivity index (χ2n) is 2.98. The number of thioether (sulfide) groups is 2. The maximum Gasteiger partial charge on any atom is 0.289 e. The molecule has 1 aromatic heterocycles. The lowest BCUT2D eigenvalue weighted by Crippen LogP contribution is -1.97. The first-order valence-corrected chi connectivity index (χ1v) is 7.31. The molecule has 2 heterocycles. The third kappa shape index (κ3) is 1.42. The lowest BCUT2D eigenvalue weighted by molar-refractivity contribution is 0.664. The highest BCUT2D eigenvalue weighted by Gasteiger charge is 2.26. The van der Waals surface area contributed by atoms with Crippen LogP contribution in [-0.4, -0.2) is 0 Å². The maximum atomic E-state index is 11.1. The van der Waals surface area contributed by atoms with E-state index < -0.39 is 0 Å². The Labute approximate surface area is 92.3 Å². The fourth-order valence-electron chi connectivity index (χ4n) is 1.27. The summed E-state index contributed by atoms with van der Waals surface area (Å²) in [6.07, 6.45) is 3.90. The summed E-state index contributed by atoms with van der Waals surface area (Å²) in [5.41, 5.74) is 1.61. The Kier molecular flexibility index (Phi) is 2.08. The largest absolute Gasteiger partial charge is 0.289 e. The minimum absolute atomic E-state index is 0.239. The van der Waals surface area contributed by atoms with Crippen molar-refractivity contribution < 1.29 is 0 Å². The number of hydrogen-bond donors (Lipinski definition) is 0. The van der Waals surface area contributed by atoms with Crippen LogP contribution in [0.25, 0.3) is 0 Å². The Morgan fingerprint density at radius 1 is 1.00 bits per heavy atom. The number of fused-ring (bicyclic) bond motifs is 1. The van der Waals surface area contributed by atoms with Gasteiger partial charge in [0.2, 0.25) is 0 Å². The van der Waals surface area contributed by atoms with Gasteiger partial charge in [-0.2, -0.15) is 0 Å². The highest BCUT2D eigenvalue weighted by atomic mass is 32.2. The molecule has 0 bridgehead atoms. The summed E-state index contributed by atoms with van der Waals surface area (Å²) in [6.45, 7) is 0. The molecule has 0 spiro atoms. The predicted octanol–water partition coefficient (Wildman–Crippen LogP) is 3.76. The van der Waals surface area contributed by atoms with Crippen LogP contribution in [0.2, 0.25) is 0 Å². The topological polar surface area (TPSA) is 17.1 Å². The van der Waals surface area contributed by atoms with E-state index in [-0.39, 0.29) is 4.06 Å². The molecule has 1 aliphatic carbocycles. The maximum absolute atomic E-state index is 11.1. The number of hydrogen-bond acceptors (Lipinski definition) is 5. The molecule has 1 nitrogen and oxygen atoms in total. The average molecular weight is 246 g/mol. The Balaban J connectivity index is 1.98. The van der Waals surface area contributed by atoms with Crippen LogP contribution >= 0.6 is 46.2 Å². The summed E-state index contributed by atoms with van der Waals surface area (Å²) in [4.78, 5) is 11.1. The summed E-state index contributed by atoms with van der Waals surface area (Å²) in [5, 5.41) is 0. The molecule has 3 rings (SSSR count). The molecule has 1 fully saturated rings. The van der Waals surface area contributed by atoms with Gasteiger partial charge in [0.1, 0.15) is 0 Å². The highest BCUT2D eigenvalue weighted by molar-refractivity contribution is 8.26. The van der Waals surface area contributed by atoms with Gasteiger partial charge < -0.3 is 0 Å². The van der Waals surface area contributed by atoms with Crippen molar-refractivity contribution in [2.45, 2.75) is 27.7 Å². The first kappa shape index (κ1) is 8.59. The van der Waals surface area contributed by atoms with E-state index >= 15 is 0 Å². The van der Waals surface area contributed by atoms with E-state index in [1.807, 2.05) is 23.5 Å². The first-order valence-electron chi connectivity index (χ1n) is 4.04. The third-order valence-corrected chi connectivity index (χ3v) is 7.49. The molecule has 1 aliphatic heterocycles. The van der Waals surface area contributed by atoms with Crippen molar-refractivity contribution in [3.8, 4) is 0 Å². The van der Waals surface area contributed by atoms with Gasteiger partial charge >= 0.3 is 0 Å². The average Bonchev–Trinajstić information content (AvgIpc) is 2.39. The molecule has 13 heavy (non-hydrogen) atoms. The number of rotatable bonds is 0. The van der Waals surface area contributed by atoms with Crippen molar-refractivity contribution in [1.29, 1.82) is 0 Å². The molecular weight excluding hydrogens is 240 g/mol. The molecule has 68 valence electrons. The van der Waals surface area contributed by atoms with Gasteiger partial charge in [-0.3, -0.25) is 4.79 Å². The Hall–Kier alpha value is 0.290. The second kappa shape index (κ2) is 3.15. The third-order valence-electron chi connectivity index (χ3n) is 2.14. The van der Waals surface area contributed by atoms with Crippen molar-refractivity contribution in [2.24, 2.45) is 0 Å². The molecule has 0 unspecified atom stereocenters. The van der Waals surface area contributed by atoms with Gasteiger partial charge in [-0.1, -0.05) is 46.2 Å². The molecule has 0 aromatic carbocycles. The van der Waals surface area contributed by atoms with Crippen molar-refractivity contribution in [3.63, 3.8) is 0 Å². The predicted molar refractivity (Wildman–Crippen MR) is 61.1 cm³/mol. The van der Waals surface area contributed by atoms with E-state index in [1.165, 1.54) is 54.6 Å². The second-order valence-corrected chi connectivity index (χ2v) is 8.02. The fraction of sp³-hybridized carbons (Fsp3) is 0.375. The zero-order chi connectivity index (χ0) is 8.84. The molecule has 0 N–H and O–H groups in total. The fourth-order valence-corrected chi connectivity index (χ4v) is 7.20. The van der Waals surface area contributed by atoms with Crippen LogP contribution in [0.3, 0.4) is 0 Å². The zero-order valence-electron chi connectivity index (χ0n) is 6.66. The van der Waals surface area contributed by atoms with Gasteiger partial charge in [-0.05, 0) is 24.8 Å². The Morgan fingerprint density at radius 3 is 2.08 bits per heavy atom. The normalized spacial score (nSPS) is 20.3. The van der Waals surface area contributed by atoms with E-state index in [0.29, 0.717) is 0 Å². The minimum Gasteiger partial charge on any atom is -0.265 e. The van der Waals surface area contributed by atoms with E-state index in [9.17, 15) is 4.79 Å². The van der Waals surface area contributed by atoms with Crippen LogP contribution < -0.4 is 4.06 Å². The van der Waals surface area contributed by atoms with Crippen LogP contribution in [-0.2, 0) is 0 Å². The smallest absolute Gasteiger partial charge is 0.265 e. The summed E-state index contributed by atoms with van der Waals surface area (Å²) >= 11 is 6.43. The van der Waals surface area contributed by atoms with Crippen molar-refractivity contribution in [2.75, 3.05) is 0 Å². The highest BCUT2D eigenvalue weighted by Crippen LogP contribution is 2.57. The van der Waals surface area contributed by atoms with E-state index in [0.717, 1.165) is 0 Å². The molecule has 1 saturated carbocycles. The summed E-state index contributed by atoms with van der Waals surface area (Å²) in [6, 6.07) is 0. The van der Waals surface area contributed by atoms with Gasteiger partial charge in [0.25, 0.3) is 4.06 Å². The quantitative estimate of drug-likeness (QED) is 0.694. The SMILES string of the molecule is O=c1sc2c(s1)SC(=C1CCC1)S2. The summed E-state index contributed by atoms with van der Waals surface area (Å²) < 4.78 is 4.16.